The molecule has 0 aliphatic carbocycles. The van der Waals surface area contributed by atoms with Crippen molar-refractivity contribution in [2.75, 3.05) is 12.9 Å². The number of carbonyl (C=O) groups excluding carboxylic acids is 2. The van der Waals surface area contributed by atoms with Crippen LogP contribution in [-0.2, 0) is 20.3 Å². The minimum Gasteiger partial charge on any atom is -0.454 e. The van der Waals surface area contributed by atoms with Gasteiger partial charge in [-0.05, 0) is 51.5 Å². The molecule has 1 heterocycles. The van der Waals surface area contributed by atoms with Crippen molar-refractivity contribution < 1.29 is 22.7 Å². The highest BCUT2D eigenvalue weighted by Gasteiger charge is 2.19. The summed E-state index contributed by atoms with van der Waals surface area (Å²) in [7, 11) is -3.14. The van der Waals surface area contributed by atoms with Gasteiger partial charge in [-0.3, -0.25) is 4.79 Å². The van der Waals surface area contributed by atoms with Crippen LogP contribution in [0.4, 0.5) is 0 Å². The number of hydrogen-bond acceptors (Lipinski definition) is 5. The van der Waals surface area contributed by atoms with Crippen molar-refractivity contribution in [1.82, 2.24) is 4.57 Å². The first-order chi connectivity index (χ1) is 12.5. The van der Waals surface area contributed by atoms with Gasteiger partial charge in [0.25, 0.3) is 0 Å². The summed E-state index contributed by atoms with van der Waals surface area (Å²) in [5, 5.41) is 0. The number of ether oxygens (including phenoxy) is 1. The predicted octanol–water partition coefficient (Wildman–Crippen LogP) is 3.27. The summed E-state index contributed by atoms with van der Waals surface area (Å²) in [6.07, 6.45) is 1.15. The normalized spacial score (nSPS) is 11.6. The molecule has 0 aliphatic rings. The van der Waals surface area contributed by atoms with Crippen LogP contribution in [0, 0.1) is 13.8 Å². The minimum absolute atomic E-state index is 0.0910. The van der Waals surface area contributed by atoms with Crippen molar-refractivity contribution in [3.8, 4) is 0 Å². The molecule has 0 atom stereocenters. The second-order valence-electron chi connectivity index (χ2n) is 7.01. The van der Waals surface area contributed by atoms with Crippen LogP contribution in [0.2, 0.25) is 0 Å². The van der Waals surface area contributed by atoms with Crippen molar-refractivity contribution in [2.45, 2.75) is 39.5 Å². The van der Waals surface area contributed by atoms with Crippen LogP contribution in [0.5, 0.6) is 0 Å². The van der Waals surface area contributed by atoms with Crippen molar-refractivity contribution in [1.29, 1.82) is 0 Å². The molecular formula is C20H25NO5S. The van der Waals surface area contributed by atoms with E-state index in [4.69, 9.17) is 4.74 Å². The summed E-state index contributed by atoms with van der Waals surface area (Å²) in [5.74, 6) is -0.962. The molecule has 2 rings (SSSR count). The lowest BCUT2D eigenvalue weighted by Crippen LogP contribution is -2.15. The first kappa shape index (κ1) is 20.9. The number of rotatable bonds is 7. The zero-order valence-electron chi connectivity index (χ0n) is 16.3. The Bertz CT molecular complexity index is 953. The monoisotopic (exact) mass is 391 g/mol. The molecule has 2 aromatic rings. The summed E-state index contributed by atoms with van der Waals surface area (Å²) in [6.45, 7) is 7.56. The quantitative estimate of drug-likeness (QED) is 0.534. The van der Waals surface area contributed by atoms with Crippen molar-refractivity contribution in [2.24, 2.45) is 0 Å². The van der Waals surface area contributed by atoms with Gasteiger partial charge in [-0.1, -0.05) is 12.1 Å². The number of hydrogen-bond donors (Lipinski definition) is 0. The van der Waals surface area contributed by atoms with E-state index < -0.39 is 15.8 Å². The van der Waals surface area contributed by atoms with E-state index in [1.807, 2.05) is 33.8 Å². The molecule has 0 saturated carbocycles. The maximum absolute atomic E-state index is 12.4. The summed E-state index contributed by atoms with van der Waals surface area (Å²) in [4.78, 5) is 24.6. The highest BCUT2D eigenvalue weighted by Crippen LogP contribution is 2.20. The zero-order valence-corrected chi connectivity index (χ0v) is 17.1. The zero-order chi connectivity index (χ0) is 20.4. The lowest BCUT2D eigenvalue weighted by atomic mass is 10.1. The van der Waals surface area contributed by atoms with Gasteiger partial charge in [0.05, 0.1) is 11.3 Å². The fourth-order valence-corrected chi connectivity index (χ4v) is 3.98. The Balaban J connectivity index is 2.03. The van der Waals surface area contributed by atoms with Gasteiger partial charge in [0, 0.05) is 29.2 Å². The molecule has 0 fully saturated rings. The molecule has 0 amide bonds. The average molecular weight is 391 g/mol. The smallest absolute Gasteiger partial charge is 0.338 e. The number of sulfone groups is 1. The third-order valence-electron chi connectivity index (χ3n) is 4.25. The Labute approximate surface area is 160 Å². The SMILES string of the molecule is Cc1cc(C(=O)COC(=O)c2ccc(CS(C)(=O)=O)cc2)c(C)n1C(C)C. The maximum Gasteiger partial charge on any atom is 0.338 e. The third kappa shape index (κ3) is 5.29. The minimum atomic E-state index is -3.14. The topological polar surface area (TPSA) is 82.4 Å². The number of ketones is 1. The molecule has 7 heteroatoms. The lowest BCUT2D eigenvalue weighted by molar-refractivity contribution is 0.0474. The third-order valence-corrected chi connectivity index (χ3v) is 5.11. The summed E-state index contributed by atoms with van der Waals surface area (Å²) in [5.41, 5.74) is 3.25. The second kappa shape index (κ2) is 8.08. The summed E-state index contributed by atoms with van der Waals surface area (Å²) in [6, 6.07) is 8.17. The molecule has 0 radical (unpaired) electrons. The van der Waals surface area contributed by atoms with Gasteiger partial charge in [-0.25, -0.2) is 13.2 Å². The number of esters is 1. The summed E-state index contributed by atoms with van der Waals surface area (Å²) >= 11 is 0. The van der Waals surface area contributed by atoms with Crippen LogP contribution >= 0.6 is 0 Å². The van der Waals surface area contributed by atoms with Gasteiger partial charge < -0.3 is 9.30 Å². The number of nitrogens with zero attached hydrogens (tertiary/aromatic N) is 1. The number of Topliss-reactive ketones (excluding diaryl/α,β-unsaturated/α-hetero) is 1. The first-order valence-corrected chi connectivity index (χ1v) is 10.7. The van der Waals surface area contributed by atoms with Gasteiger partial charge in [0.15, 0.2) is 16.4 Å². The van der Waals surface area contributed by atoms with E-state index in [2.05, 4.69) is 4.57 Å². The fourth-order valence-electron chi connectivity index (χ4n) is 3.19. The van der Waals surface area contributed by atoms with Crippen LogP contribution < -0.4 is 0 Å². The molecule has 0 aliphatic heterocycles. The number of aryl methyl sites for hydroxylation is 1. The molecule has 0 saturated heterocycles. The highest BCUT2D eigenvalue weighted by molar-refractivity contribution is 7.89. The Morgan fingerprint density at radius 2 is 1.70 bits per heavy atom. The standard InChI is InChI=1S/C20H25NO5S/c1-13(2)21-14(3)10-18(15(21)4)19(22)11-26-20(23)17-8-6-16(7-9-17)12-27(5,24)25/h6-10,13H,11-12H2,1-5H3. The molecule has 1 aromatic heterocycles. The van der Waals surface area contributed by atoms with Crippen LogP contribution in [0.25, 0.3) is 0 Å². The highest BCUT2D eigenvalue weighted by atomic mass is 32.2. The van der Waals surface area contributed by atoms with Crippen molar-refractivity contribution >= 4 is 21.6 Å². The molecule has 0 bridgehead atoms. The van der Waals surface area contributed by atoms with Gasteiger partial charge in [0.2, 0.25) is 5.78 Å². The molecule has 0 unspecified atom stereocenters. The average Bonchev–Trinajstić information content (AvgIpc) is 2.86. The van der Waals surface area contributed by atoms with E-state index in [1.54, 1.807) is 12.1 Å². The summed E-state index contributed by atoms with van der Waals surface area (Å²) < 4.78 is 29.8. The molecule has 6 nitrogen and oxygen atoms in total. The van der Waals surface area contributed by atoms with Gasteiger partial charge in [-0.15, -0.1) is 0 Å². The Hall–Kier alpha value is -2.41. The largest absolute Gasteiger partial charge is 0.454 e. The second-order valence-corrected chi connectivity index (χ2v) is 9.16. The van der Waals surface area contributed by atoms with Crippen molar-refractivity contribution in [3.05, 3.63) is 58.4 Å². The number of carbonyl (C=O) groups is 2. The Kier molecular flexibility index (Phi) is 6.26. The van der Waals surface area contributed by atoms with Crippen molar-refractivity contribution in [3.63, 3.8) is 0 Å². The van der Waals surface area contributed by atoms with E-state index in [0.29, 0.717) is 11.1 Å². The molecule has 0 spiro atoms. The number of benzene rings is 1. The van der Waals surface area contributed by atoms with Gasteiger partial charge in [0.1, 0.15) is 0 Å². The van der Waals surface area contributed by atoms with Crippen LogP contribution in [0.3, 0.4) is 0 Å². The molecule has 1 aromatic carbocycles. The predicted molar refractivity (Wildman–Crippen MR) is 104 cm³/mol. The Morgan fingerprint density at radius 3 is 2.19 bits per heavy atom. The maximum atomic E-state index is 12.4. The van der Waals surface area contributed by atoms with Crippen LogP contribution in [-0.4, -0.2) is 37.6 Å². The lowest BCUT2D eigenvalue weighted by Gasteiger charge is -2.13. The van der Waals surface area contributed by atoms with Crippen LogP contribution in [0.1, 0.15) is 57.6 Å². The Morgan fingerprint density at radius 1 is 1.11 bits per heavy atom. The first-order valence-electron chi connectivity index (χ1n) is 8.65. The van der Waals surface area contributed by atoms with E-state index in [1.165, 1.54) is 12.1 Å². The van der Waals surface area contributed by atoms with E-state index >= 15 is 0 Å². The molecule has 146 valence electrons. The van der Waals surface area contributed by atoms with Crippen LogP contribution in [0.15, 0.2) is 30.3 Å². The van der Waals surface area contributed by atoms with Gasteiger partial charge in [-0.2, -0.15) is 0 Å². The fraction of sp³-hybridized carbons (Fsp3) is 0.400. The molecular weight excluding hydrogens is 366 g/mol. The number of aromatic nitrogens is 1. The van der Waals surface area contributed by atoms with E-state index in [-0.39, 0.29) is 29.7 Å². The molecule has 0 N–H and O–H groups in total. The van der Waals surface area contributed by atoms with Gasteiger partial charge >= 0.3 is 5.97 Å². The molecule has 27 heavy (non-hydrogen) atoms. The van der Waals surface area contributed by atoms with E-state index in [9.17, 15) is 18.0 Å². The van der Waals surface area contributed by atoms with E-state index in [0.717, 1.165) is 17.6 Å².